The molecule has 3 aromatic carbocycles. The molecule has 0 saturated carbocycles. The zero-order valence-corrected chi connectivity index (χ0v) is 15.3. The van der Waals surface area contributed by atoms with Gasteiger partial charge in [-0.3, -0.25) is 4.79 Å². The van der Waals surface area contributed by atoms with Crippen LogP contribution >= 0.6 is 0 Å². The maximum Gasteiger partial charge on any atom is 0.277 e. The molecule has 0 aliphatic carbocycles. The van der Waals surface area contributed by atoms with Crippen molar-refractivity contribution in [1.29, 1.82) is 0 Å². The van der Waals surface area contributed by atoms with Crippen LogP contribution in [-0.4, -0.2) is 18.7 Å². The highest BCUT2D eigenvalue weighted by Crippen LogP contribution is 2.18. The first-order chi connectivity index (χ1) is 14.1. The summed E-state index contributed by atoms with van der Waals surface area (Å²) in [6, 6.07) is 19.7. The van der Waals surface area contributed by atoms with E-state index in [9.17, 15) is 13.6 Å². The second-order valence-corrected chi connectivity index (χ2v) is 5.99. The molecule has 0 aliphatic rings. The molecule has 29 heavy (non-hydrogen) atoms. The molecule has 0 radical (unpaired) electrons. The Morgan fingerprint density at radius 2 is 1.62 bits per heavy atom. The van der Waals surface area contributed by atoms with Crippen molar-refractivity contribution in [2.45, 2.75) is 6.61 Å². The van der Waals surface area contributed by atoms with E-state index < -0.39 is 17.5 Å². The van der Waals surface area contributed by atoms with Crippen LogP contribution in [0.25, 0.3) is 0 Å². The smallest absolute Gasteiger partial charge is 0.277 e. The van der Waals surface area contributed by atoms with Gasteiger partial charge in [0, 0.05) is 11.6 Å². The number of ether oxygens (including phenoxy) is 2. The second-order valence-electron chi connectivity index (χ2n) is 5.99. The highest BCUT2D eigenvalue weighted by Gasteiger charge is 2.04. The van der Waals surface area contributed by atoms with E-state index in [1.54, 1.807) is 24.3 Å². The SMILES string of the molecule is O=C(COc1ccc(OCc2ccccc2)cc1)N/N=C/c1ccc(F)cc1F. The van der Waals surface area contributed by atoms with Crippen molar-refractivity contribution < 1.29 is 23.0 Å². The Labute approximate surface area is 166 Å². The van der Waals surface area contributed by atoms with Crippen LogP contribution in [0.15, 0.2) is 77.9 Å². The number of hydrazone groups is 1. The molecule has 0 saturated heterocycles. The number of hydrogen-bond donors (Lipinski definition) is 1. The predicted octanol–water partition coefficient (Wildman–Crippen LogP) is 4.07. The molecule has 1 amide bonds. The summed E-state index contributed by atoms with van der Waals surface area (Å²) in [5.74, 6) is -0.812. The van der Waals surface area contributed by atoms with Gasteiger partial charge in [-0.05, 0) is 42.0 Å². The van der Waals surface area contributed by atoms with Crippen molar-refractivity contribution in [2.24, 2.45) is 5.10 Å². The predicted molar refractivity (Wildman–Crippen MR) is 105 cm³/mol. The van der Waals surface area contributed by atoms with Crippen molar-refractivity contribution in [3.8, 4) is 11.5 Å². The monoisotopic (exact) mass is 396 g/mol. The molecule has 7 heteroatoms. The van der Waals surface area contributed by atoms with Gasteiger partial charge in [-0.15, -0.1) is 0 Å². The highest BCUT2D eigenvalue weighted by atomic mass is 19.1. The summed E-state index contributed by atoms with van der Waals surface area (Å²) in [5.41, 5.74) is 3.33. The second kappa shape index (κ2) is 9.98. The lowest BCUT2D eigenvalue weighted by Gasteiger charge is -2.08. The van der Waals surface area contributed by atoms with Gasteiger partial charge in [0.05, 0.1) is 6.21 Å². The summed E-state index contributed by atoms with van der Waals surface area (Å²) < 4.78 is 37.3. The molecule has 5 nitrogen and oxygen atoms in total. The molecular formula is C22H18F2N2O3. The van der Waals surface area contributed by atoms with E-state index in [2.05, 4.69) is 10.5 Å². The summed E-state index contributed by atoms with van der Waals surface area (Å²) in [4.78, 5) is 11.7. The molecule has 3 aromatic rings. The summed E-state index contributed by atoms with van der Waals surface area (Å²) in [6.07, 6.45) is 1.09. The van der Waals surface area contributed by atoms with Crippen molar-refractivity contribution in [2.75, 3.05) is 6.61 Å². The van der Waals surface area contributed by atoms with Crippen LogP contribution in [-0.2, 0) is 11.4 Å². The number of carbonyl (C=O) groups excluding carboxylic acids is 1. The van der Waals surface area contributed by atoms with Gasteiger partial charge in [0.1, 0.15) is 29.7 Å². The zero-order valence-electron chi connectivity index (χ0n) is 15.3. The van der Waals surface area contributed by atoms with Gasteiger partial charge in [-0.25, -0.2) is 14.2 Å². The number of nitrogens with one attached hydrogen (secondary N) is 1. The lowest BCUT2D eigenvalue weighted by atomic mass is 10.2. The molecule has 3 rings (SSSR count). The average Bonchev–Trinajstić information content (AvgIpc) is 2.74. The summed E-state index contributed by atoms with van der Waals surface area (Å²) in [7, 11) is 0. The summed E-state index contributed by atoms with van der Waals surface area (Å²) in [6.45, 7) is 0.184. The van der Waals surface area contributed by atoms with Crippen LogP contribution in [0, 0.1) is 11.6 Å². The summed E-state index contributed by atoms with van der Waals surface area (Å²) in [5, 5.41) is 3.62. The molecule has 0 spiro atoms. The standard InChI is InChI=1S/C22H18F2N2O3/c23-18-7-6-17(21(24)12-18)13-25-26-22(27)15-29-20-10-8-19(9-11-20)28-14-16-4-2-1-3-5-16/h1-13H,14-15H2,(H,26,27)/b25-13+. The van der Waals surface area contributed by atoms with E-state index in [0.717, 1.165) is 23.9 Å². The molecular weight excluding hydrogens is 378 g/mol. The Hall–Kier alpha value is -3.74. The van der Waals surface area contributed by atoms with Crippen molar-refractivity contribution >= 4 is 12.1 Å². The number of halogens is 2. The lowest BCUT2D eigenvalue weighted by molar-refractivity contribution is -0.123. The topological polar surface area (TPSA) is 59.9 Å². The minimum absolute atomic E-state index is 0.0544. The van der Waals surface area contributed by atoms with Gasteiger partial charge in [-0.1, -0.05) is 30.3 Å². The zero-order chi connectivity index (χ0) is 20.5. The Morgan fingerprint density at radius 3 is 2.31 bits per heavy atom. The van der Waals surface area contributed by atoms with Crippen molar-refractivity contribution in [3.05, 3.63) is 95.6 Å². The number of benzene rings is 3. The average molecular weight is 396 g/mol. The first-order valence-electron chi connectivity index (χ1n) is 8.77. The normalized spacial score (nSPS) is 10.7. The first kappa shape index (κ1) is 20.0. The molecule has 0 heterocycles. The fourth-order valence-electron chi connectivity index (χ4n) is 2.33. The van der Waals surface area contributed by atoms with Crippen LogP contribution < -0.4 is 14.9 Å². The summed E-state index contributed by atoms with van der Waals surface area (Å²) >= 11 is 0. The van der Waals surface area contributed by atoms with E-state index in [1.165, 1.54) is 6.07 Å². The lowest BCUT2D eigenvalue weighted by Crippen LogP contribution is -2.24. The van der Waals surface area contributed by atoms with Crippen LogP contribution in [0.5, 0.6) is 11.5 Å². The molecule has 0 atom stereocenters. The maximum atomic E-state index is 13.4. The van der Waals surface area contributed by atoms with Gasteiger partial charge < -0.3 is 9.47 Å². The van der Waals surface area contributed by atoms with Gasteiger partial charge in [-0.2, -0.15) is 5.10 Å². The number of nitrogens with zero attached hydrogens (tertiary/aromatic N) is 1. The Kier molecular flexibility index (Phi) is 6.89. The molecule has 0 fully saturated rings. The van der Waals surface area contributed by atoms with Crippen LogP contribution in [0.2, 0.25) is 0 Å². The quantitative estimate of drug-likeness (QED) is 0.461. The molecule has 0 aromatic heterocycles. The van der Waals surface area contributed by atoms with E-state index in [-0.39, 0.29) is 12.2 Å². The molecule has 1 N–H and O–H groups in total. The number of hydrogen-bond acceptors (Lipinski definition) is 4. The van der Waals surface area contributed by atoms with E-state index in [0.29, 0.717) is 18.1 Å². The van der Waals surface area contributed by atoms with E-state index >= 15 is 0 Å². The number of rotatable bonds is 8. The van der Waals surface area contributed by atoms with Gasteiger partial charge in [0.15, 0.2) is 6.61 Å². The van der Waals surface area contributed by atoms with Gasteiger partial charge >= 0.3 is 0 Å². The Balaban J connectivity index is 1.42. The van der Waals surface area contributed by atoms with E-state index in [4.69, 9.17) is 9.47 Å². The largest absolute Gasteiger partial charge is 0.489 e. The fraction of sp³-hybridized carbons (Fsp3) is 0.0909. The maximum absolute atomic E-state index is 13.4. The molecule has 0 unspecified atom stereocenters. The third-order valence-corrected chi connectivity index (χ3v) is 3.80. The minimum Gasteiger partial charge on any atom is -0.489 e. The number of amides is 1. The van der Waals surface area contributed by atoms with Crippen molar-refractivity contribution in [1.82, 2.24) is 5.43 Å². The van der Waals surface area contributed by atoms with Crippen LogP contribution in [0.1, 0.15) is 11.1 Å². The molecule has 0 bridgehead atoms. The first-order valence-corrected chi connectivity index (χ1v) is 8.77. The number of carbonyl (C=O) groups is 1. The third kappa shape index (κ3) is 6.42. The minimum atomic E-state index is -0.770. The van der Waals surface area contributed by atoms with Gasteiger partial charge in [0.25, 0.3) is 5.91 Å². The third-order valence-electron chi connectivity index (χ3n) is 3.80. The van der Waals surface area contributed by atoms with Crippen molar-refractivity contribution in [3.63, 3.8) is 0 Å². The molecule has 148 valence electrons. The molecule has 0 aliphatic heterocycles. The van der Waals surface area contributed by atoms with Crippen LogP contribution in [0.3, 0.4) is 0 Å². The highest BCUT2D eigenvalue weighted by molar-refractivity contribution is 5.83. The Bertz CT molecular complexity index is 977. The Morgan fingerprint density at radius 1 is 0.931 bits per heavy atom. The van der Waals surface area contributed by atoms with Gasteiger partial charge in [0.2, 0.25) is 0 Å². The van der Waals surface area contributed by atoms with E-state index in [1.807, 2.05) is 30.3 Å². The van der Waals surface area contributed by atoms with Crippen LogP contribution in [0.4, 0.5) is 8.78 Å². The fourth-order valence-corrected chi connectivity index (χ4v) is 2.33.